The van der Waals surface area contributed by atoms with Gasteiger partial charge in [-0.2, -0.15) is 0 Å². The van der Waals surface area contributed by atoms with Gasteiger partial charge >= 0.3 is 0 Å². The molecule has 1 aromatic carbocycles. The first-order valence-electron chi connectivity index (χ1n) is 7.04. The molecule has 0 saturated heterocycles. The summed E-state index contributed by atoms with van der Waals surface area (Å²) in [7, 11) is 0. The highest BCUT2D eigenvalue weighted by Crippen LogP contribution is 2.30. The monoisotopic (exact) mass is 343 g/mol. The number of benzene rings is 1. The van der Waals surface area contributed by atoms with E-state index < -0.39 is 0 Å². The lowest BCUT2D eigenvalue weighted by Gasteiger charge is -2.11. The Balaban J connectivity index is 2.27. The van der Waals surface area contributed by atoms with Crippen molar-refractivity contribution in [3.63, 3.8) is 0 Å². The van der Waals surface area contributed by atoms with Crippen molar-refractivity contribution in [3.8, 4) is 11.3 Å². The van der Waals surface area contributed by atoms with Crippen molar-refractivity contribution in [2.45, 2.75) is 19.8 Å². The maximum Gasteiger partial charge on any atom is 0.137 e. The topological polar surface area (TPSA) is 43.3 Å². The van der Waals surface area contributed by atoms with Gasteiger partial charge in [0.1, 0.15) is 5.65 Å². The summed E-state index contributed by atoms with van der Waals surface area (Å²) in [5, 5.41) is 0. The van der Waals surface area contributed by atoms with E-state index in [9.17, 15) is 0 Å². The Bertz CT molecular complexity index is 775. The van der Waals surface area contributed by atoms with Crippen molar-refractivity contribution in [1.29, 1.82) is 0 Å². The Hall–Kier alpha value is -1.65. The van der Waals surface area contributed by atoms with E-state index in [0.29, 0.717) is 6.54 Å². The first-order chi connectivity index (χ1) is 10.1. The molecule has 0 aliphatic heterocycles. The molecule has 4 heteroatoms. The molecular weight excluding hydrogens is 326 g/mol. The summed E-state index contributed by atoms with van der Waals surface area (Å²) in [4.78, 5) is 4.83. The van der Waals surface area contributed by atoms with Crippen LogP contribution in [0.25, 0.3) is 16.9 Å². The van der Waals surface area contributed by atoms with E-state index in [2.05, 4.69) is 64.6 Å². The average molecular weight is 344 g/mol. The quantitative estimate of drug-likeness (QED) is 0.776. The molecule has 2 aromatic heterocycles. The zero-order chi connectivity index (χ0) is 15.0. The van der Waals surface area contributed by atoms with Crippen LogP contribution in [0.4, 0.5) is 0 Å². The largest absolute Gasteiger partial charge is 0.330 e. The molecule has 3 rings (SSSR count). The van der Waals surface area contributed by atoms with E-state index in [-0.39, 0.29) is 5.92 Å². The van der Waals surface area contributed by atoms with Gasteiger partial charge in [-0.25, -0.2) is 4.98 Å². The third-order valence-electron chi connectivity index (χ3n) is 3.76. The van der Waals surface area contributed by atoms with Gasteiger partial charge in [0.2, 0.25) is 0 Å². The fourth-order valence-electron chi connectivity index (χ4n) is 2.57. The van der Waals surface area contributed by atoms with Crippen LogP contribution in [0.2, 0.25) is 0 Å². The van der Waals surface area contributed by atoms with Crippen LogP contribution in [0.1, 0.15) is 24.1 Å². The number of nitrogens with two attached hydrogens (primary N) is 1. The lowest BCUT2D eigenvalue weighted by Crippen LogP contribution is -2.12. The second-order valence-electron chi connectivity index (χ2n) is 5.42. The fraction of sp³-hybridized carbons (Fsp3) is 0.235. The molecule has 2 N–H and O–H groups in total. The Morgan fingerprint density at radius 3 is 2.62 bits per heavy atom. The molecule has 0 aliphatic rings. The van der Waals surface area contributed by atoms with Gasteiger partial charge in [-0.05, 0) is 36.8 Å². The average Bonchev–Trinajstić information content (AvgIpc) is 2.85. The molecule has 0 saturated carbocycles. The number of fused-ring (bicyclic) bond motifs is 1. The van der Waals surface area contributed by atoms with Gasteiger partial charge < -0.3 is 10.1 Å². The summed E-state index contributed by atoms with van der Waals surface area (Å²) in [6.07, 6.45) is 2.08. The van der Waals surface area contributed by atoms with E-state index in [4.69, 9.17) is 10.7 Å². The number of aromatic nitrogens is 2. The van der Waals surface area contributed by atoms with Crippen LogP contribution in [-0.4, -0.2) is 15.9 Å². The highest BCUT2D eigenvalue weighted by atomic mass is 79.9. The number of aryl methyl sites for hydroxylation is 1. The van der Waals surface area contributed by atoms with Gasteiger partial charge in [-0.15, -0.1) is 0 Å². The van der Waals surface area contributed by atoms with E-state index >= 15 is 0 Å². The van der Waals surface area contributed by atoms with Crippen LogP contribution in [-0.2, 0) is 0 Å². The van der Waals surface area contributed by atoms with Gasteiger partial charge in [0.25, 0.3) is 0 Å². The fourth-order valence-corrected chi connectivity index (χ4v) is 2.83. The molecule has 1 unspecified atom stereocenters. The maximum atomic E-state index is 5.91. The predicted octanol–water partition coefficient (Wildman–Crippen LogP) is 4.13. The highest BCUT2D eigenvalue weighted by Gasteiger charge is 2.18. The molecular formula is C17H18BrN3. The summed E-state index contributed by atoms with van der Waals surface area (Å²) >= 11 is 3.48. The lowest BCUT2D eigenvalue weighted by molar-refractivity contribution is 0.738. The van der Waals surface area contributed by atoms with Crippen molar-refractivity contribution in [3.05, 3.63) is 58.3 Å². The number of nitrogens with zero attached hydrogens (tertiary/aromatic N) is 2. The van der Waals surface area contributed by atoms with Gasteiger partial charge in [-0.3, -0.25) is 0 Å². The molecule has 0 fully saturated rings. The smallest absolute Gasteiger partial charge is 0.137 e. The highest BCUT2D eigenvalue weighted by molar-refractivity contribution is 9.10. The minimum atomic E-state index is 0.251. The number of hydrogen-bond acceptors (Lipinski definition) is 2. The molecule has 0 amide bonds. The van der Waals surface area contributed by atoms with Crippen LogP contribution < -0.4 is 5.73 Å². The third kappa shape index (κ3) is 2.61. The van der Waals surface area contributed by atoms with E-state index in [1.54, 1.807) is 0 Å². The Kier molecular flexibility index (Phi) is 3.83. The molecule has 3 nitrogen and oxygen atoms in total. The minimum absolute atomic E-state index is 0.251. The van der Waals surface area contributed by atoms with Crippen molar-refractivity contribution in [2.24, 2.45) is 5.73 Å². The lowest BCUT2D eigenvalue weighted by atomic mass is 10.0. The van der Waals surface area contributed by atoms with E-state index in [1.165, 1.54) is 11.3 Å². The van der Waals surface area contributed by atoms with Gasteiger partial charge in [-0.1, -0.05) is 35.0 Å². The molecule has 2 heterocycles. The zero-order valence-corrected chi connectivity index (χ0v) is 13.8. The maximum absolute atomic E-state index is 5.91. The SMILES string of the molecule is Cc1ccn2c(C(C)CN)c(-c3ccc(Br)cc3)nc2c1. The Morgan fingerprint density at radius 1 is 1.24 bits per heavy atom. The van der Waals surface area contributed by atoms with Crippen LogP contribution in [0.15, 0.2) is 47.1 Å². The summed E-state index contributed by atoms with van der Waals surface area (Å²) in [6, 6.07) is 12.5. The molecule has 1 atom stereocenters. The van der Waals surface area contributed by atoms with Crippen LogP contribution in [0.3, 0.4) is 0 Å². The first kappa shape index (κ1) is 14.3. The van der Waals surface area contributed by atoms with E-state index in [1.807, 2.05) is 12.1 Å². The van der Waals surface area contributed by atoms with Gasteiger partial charge in [0.05, 0.1) is 11.4 Å². The number of rotatable bonds is 3. The minimum Gasteiger partial charge on any atom is -0.330 e. The summed E-state index contributed by atoms with van der Waals surface area (Å²) in [6.45, 7) is 4.83. The molecule has 3 aromatic rings. The third-order valence-corrected chi connectivity index (χ3v) is 4.29. The molecule has 0 bridgehead atoms. The predicted molar refractivity (Wildman–Crippen MR) is 90.5 cm³/mol. The second-order valence-corrected chi connectivity index (χ2v) is 6.34. The molecule has 0 radical (unpaired) electrons. The van der Waals surface area contributed by atoms with Crippen LogP contribution in [0, 0.1) is 6.92 Å². The second kappa shape index (κ2) is 5.62. The summed E-state index contributed by atoms with van der Waals surface area (Å²) in [5.41, 5.74) is 11.4. The Labute approximate surface area is 132 Å². The molecule has 21 heavy (non-hydrogen) atoms. The molecule has 0 aliphatic carbocycles. The number of halogens is 1. The van der Waals surface area contributed by atoms with Gasteiger partial charge in [0, 0.05) is 28.7 Å². The molecule has 108 valence electrons. The standard InChI is InChI=1S/C17H18BrN3/c1-11-7-8-21-15(9-11)20-16(17(21)12(2)10-19)13-3-5-14(18)6-4-13/h3-9,12H,10,19H2,1-2H3. The van der Waals surface area contributed by atoms with Crippen LogP contribution in [0.5, 0.6) is 0 Å². The summed E-state index contributed by atoms with van der Waals surface area (Å²) in [5.74, 6) is 0.251. The van der Waals surface area contributed by atoms with Gasteiger partial charge in [0.15, 0.2) is 0 Å². The normalized spacial score (nSPS) is 12.8. The van der Waals surface area contributed by atoms with Crippen molar-refractivity contribution < 1.29 is 0 Å². The van der Waals surface area contributed by atoms with E-state index in [0.717, 1.165) is 21.4 Å². The van der Waals surface area contributed by atoms with Crippen LogP contribution >= 0.6 is 15.9 Å². The van der Waals surface area contributed by atoms with Crippen molar-refractivity contribution >= 4 is 21.6 Å². The molecule has 0 spiro atoms. The van der Waals surface area contributed by atoms with Crippen molar-refractivity contribution in [2.75, 3.05) is 6.54 Å². The number of pyridine rings is 1. The zero-order valence-electron chi connectivity index (χ0n) is 12.2. The van der Waals surface area contributed by atoms with Crippen molar-refractivity contribution in [1.82, 2.24) is 9.38 Å². The Morgan fingerprint density at radius 2 is 1.95 bits per heavy atom. The number of hydrogen-bond donors (Lipinski definition) is 1. The first-order valence-corrected chi connectivity index (χ1v) is 7.84. The summed E-state index contributed by atoms with van der Waals surface area (Å²) < 4.78 is 3.22. The number of imidazole rings is 1.